The summed E-state index contributed by atoms with van der Waals surface area (Å²) in [5.74, 6) is 0.939. The maximum atomic E-state index is 7.21. The third-order valence-electron chi connectivity index (χ3n) is 10.9. The molecule has 0 aromatic rings. The summed E-state index contributed by atoms with van der Waals surface area (Å²) >= 11 is 4.63. The van der Waals surface area contributed by atoms with Crippen LogP contribution in [0.1, 0.15) is 177 Å². The Morgan fingerprint density at radius 1 is 0.511 bits per heavy atom. The maximum Gasteiger partial charge on any atom is 0.192 e. The highest BCUT2D eigenvalue weighted by molar-refractivity contribution is 7.80. The van der Waals surface area contributed by atoms with Gasteiger partial charge in [0.05, 0.1) is 12.2 Å². The molecule has 0 spiro atoms. The van der Waals surface area contributed by atoms with Crippen molar-refractivity contribution in [1.29, 1.82) is 0 Å². The van der Waals surface area contributed by atoms with Crippen LogP contribution >= 0.6 is 12.6 Å². The lowest BCUT2D eigenvalue weighted by atomic mass is 10.0. The highest BCUT2D eigenvalue weighted by Crippen LogP contribution is 2.39. The largest absolute Gasteiger partial charge is 0.413 e. The van der Waals surface area contributed by atoms with Crippen LogP contribution in [-0.2, 0) is 8.85 Å². The molecule has 0 aromatic carbocycles. The average molecular weight is 688 g/mol. The lowest BCUT2D eigenvalue weighted by Crippen LogP contribution is -2.50. The fourth-order valence-corrected chi connectivity index (χ4v) is 8.60. The zero-order valence-corrected chi connectivity index (χ0v) is 36.0. The van der Waals surface area contributed by atoms with Crippen molar-refractivity contribution in [3.8, 4) is 0 Å². The van der Waals surface area contributed by atoms with Crippen LogP contribution in [0.5, 0.6) is 0 Å². The van der Waals surface area contributed by atoms with Crippen LogP contribution in [0.15, 0.2) is 0 Å². The van der Waals surface area contributed by atoms with Crippen LogP contribution in [-0.4, -0.2) is 59.1 Å². The maximum absolute atomic E-state index is 7.21. The Morgan fingerprint density at radius 2 is 0.822 bits per heavy atom. The smallest absolute Gasteiger partial charge is 0.192 e. The number of hydrogen-bond acceptors (Lipinski definition) is 4. The predicted octanol–water partition coefficient (Wildman–Crippen LogP) is 13.5. The monoisotopic (exact) mass is 688 g/mol. The molecular weight excluding hydrogens is 603 g/mol. The predicted molar refractivity (Wildman–Crippen MR) is 214 cm³/mol. The molecule has 2 atom stereocenters. The van der Waals surface area contributed by atoms with Crippen molar-refractivity contribution in [1.82, 2.24) is 4.90 Å². The fraction of sp³-hybridized carbons (Fsp3) is 1.00. The molecule has 0 aliphatic rings. The fourth-order valence-electron chi connectivity index (χ4n) is 5.70. The summed E-state index contributed by atoms with van der Waals surface area (Å²) in [4.78, 5) is 2.72. The van der Waals surface area contributed by atoms with E-state index in [0.29, 0.717) is 12.2 Å². The molecule has 0 bridgehead atoms. The highest BCUT2D eigenvalue weighted by atomic mass is 32.1. The van der Waals surface area contributed by atoms with E-state index in [1.807, 2.05) is 0 Å². The average Bonchev–Trinajstić information content (AvgIpc) is 2.92. The van der Waals surface area contributed by atoms with Gasteiger partial charge in [0.1, 0.15) is 0 Å². The van der Waals surface area contributed by atoms with Gasteiger partial charge in [0.15, 0.2) is 16.6 Å². The number of rotatable bonds is 29. The van der Waals surface area contributed by atoms with E-state index >= 15 is 0 Å². The van der Waals surface area contributed by atoms with Crippen molar-refractivity contribution in [3.63, 3.8) is 0 Å². The van der Waals surface area contributed by atoms with E-state index in [9.17, 15) is 0 Å². The quantitative estimate of drug-likeness (QED) is 0.0480. The Morgan fingerprint density at radius 3 is 1.11 bits per heavy atom. The van der Waals surface area contributed by atoms with E-state index in [0.717, 1.165) is 31.8 Å². The van der Waals surface area contributed by atoms with Gasteiger partial charge < -0.3 is 8.85 Å². The molecule has 0 radical (unpaired) electrons. The molecule has 0 N–H and O–H groups in total. The molecule has 272 valence electrons. The van der Waals surface area contributed by atoms with Crippen LogP contribution in [0.3, 0.4) is 0 Å². The minimum Gasteiger partial charge on any atom is -0.413 e. The Labute approximate surface area is 293 Å². The van der Waals surface area contributed by atoms with Gasteiger partial charge >= 0.3 is 0 Å². The minimum atomic E-state index is -1.87. The molecule has 0 fully saturated rings. The van der Waals surface area contributed by atoms with Crippen molar-refractivity contribution >= 4 is 29.3 Å². The van der Waals surface area contributed by atoms with Gasteiger partial charge in [-0.1, -0.05) is 158 Å². The van der Waals surface area contributed by atoms with Gasteiger partial charge in [0, 0.05) is 13.1 Å². The Hall–Kier alpha value is 0.664. The zero-order chi connectivity index (χ0) is 34.4. The molecule has 0 aliphatic heterocycles. The second-order valence-corrected chi connectivity index (χ2v) is 27.3. The Bertz CT molecular complexity index is 636. The molecule has 0 saturated heterocycles. The van der Waals surface area contributed by atoms with Crippen molar-refractivity contribution in [2.24, 2.45) is 0 Å². The molecule has 0 saturated carbocycles. The van der Waals surface area contributed by atoms with Gasteiger partial charge in [-0.25, -0.2) is 0 Å². The lowest BCUT2D eigenvalue weighted by Gasteiger charge is -2.42. The second kappa shape index (κ2) is 24.7. The van der Waals surface area contributed by atoms with Gasteiger partial charge in [0.25, 0.3) is 0 Å². The molecule has 0 rings (SSSR count). The molecule has 0 amide bonds. The molecule has 45 heavy (non-hydrogen) atoms. The van der Waals surface area contributed by atoms with Crippen LogP contribution in [0.2, 0.25) is 36.3 Å². The molecule has 6 heteroatoms. The van der Waals surface area contributed by atoms with E-state index in [2.05, 4.69) is 99.1 Å². The third kappa shape index (κ3) is 22.1. The summed E-state index contributed by atoms with van der Waals surface area (Å²) in [6.07, 6.45) is 26.0. The summed E-state index contributed by atoms with van der Waals surface area (Å²) in [7, 11) is -3.74. The summed E-state index contributed by atoms with van der Waals surface area (Å²) < 4.78 is 14.4. The number of unbranched alkanes of at least 4 members (excludes halogenated alkanes) is 14. The van der Waals surface area contributed by atoms with E-state index < -0.39 is 16.6 Å². The standard InChI is InChI=1S/C39H85NO2SSi2/c1-13-15-17-19-21-23-25-27-30-36(41-44(9,10)38(3,4)5)34-40(32-29-33-43)35-37(42-45(11,12)39(6,7)8)31-28-26-24-22-20-18-16-14-2/h36-37,43H,13-35H2,1-12H3. The zero-order valence-electron chi connectivity index (χ0n) is 33.1. The Kier molecular flexibility index (Phi) is 25.1. The summed E-state index contributed by atoms with van der Waals surface area (Å²) in [6.45, 7) is 31.9. The summed E-state index contributed by atoms with van der Waals surface area (Å²) in [6, 6.07) is 0. The molecule has 2 unspecified atom stereocenters. The summed E-state index contributed by atoms with van der Waals surface area (Å²) in [5.41, 5.74) is 0. The van der Waals surface area contributed by atoms with Crippen molar-refractivity contribution in [2.75, 3.05) is 25.4 Å². The van der Waals surface area contributed by atoms with Crippen LogP contribution < -0.4 is 0 Å². The van der Waals surface area contributed by atoms with Crippen LogP contribution in [0.4, 0.5) is 0 Å². The van der Waals surface area contributed by atoms with Gasteiger partial charge in [-0.3, -0.25) is 4.90 Å². The van der Waals surface area contributed by atoms with E-state index in [-0.39, 0.29) is 10.1 Å². The normalized spacial score (nSPS) is 14.8. The summed E-state index contributed by atoms with van der Waals surface area (Å²) in [5, 5.41) is 0.454. The van der Waals surface area contributed by atoms with Crippen molar-refractivity contribution in [3.05, 3.63) is 0 Å². The third-order valence-corrected chi connectivity index (χ3v) is 20.2. The van der Waals surface area contributed by atoms with E-state index in [1.165, 1.54) is 116 Å². The SMILES string of the molecule is CCCCCCCCCCC(CN(CCCS)CC(CCCCCCCCCC)O[Si](C)(C)C(C)(C)C)O[Si](C)(C)C(C)(C)C. The van der Waals surface area contributed by atoms with Crippen molar-refractivity contribution in [2.45, 2.75) is 226 Å². The molecule has 0 heterocycles. The number of nitrogens with zero attached hydrogens (tertiary/aromatic N) is 1. The minimum absolute atomic E-state index is 0.227. The van der Waals surface area contributed by atoms with Crippen LogP contribution in [0, 0.1) is 0 Å². The van der Waals surface area contributed by atoms with Crippen LogP contribution in [0.25, 0.3) is 0 Å². The number of thiol groups is 1. The first-order chi connectivity index (χ1) is 21.0. The lowest BCUT2D eigenvalue weighted by molar-refractivity contribution is 0.0690. The highest BCUT2D eigenvalue weighted by Gasteiger charge is 2.41. The first-order valence-corrected chi connectivity index (χ1v) is 26.1. The first-order valence-electron chi connectivity index (χ1n) is 19.7. The topological polar surface area (TPSA) is 21.7 Å². The van der Waals surface area contributed by atoms with Gasteiger partial charge in [0.2, 0.25) is 0 Å². The molecular formula is C39H85NO2SSi2. The molecule has 0 aliphatic carbocycles. The second-order valence-electron chi connectivity index (χ2n) is 17.4. The molecule has 3 nitrogen and oxygen atoms in total. The van der Waals surface area contributed by atoms with E-state index in [4.69, 9.17) is 8.85 Å². The molecule has 0 aromatic heterocycles. The van der Waals surface area contributed by atoms with Gasteiger partial charge in [-0.15, -0.1) is 0 Å². The number of hydrogen-bond donors (Lipinski definition) is 1. The Balaban J connectivity index is 5.62. The van der Waals surface area contributed by atoms with E-state index in [1.54, 1.807) is 0 Å². The first kappa shape index (κ1) is 45.7. The van der Waals surface area contributed by atoms with Gasteiger partial charge in [-0.05, 0) is 67.8 Å². The van der Waals surface area contributed by atoms with Crippen molar-refractivity contribution < 1.29 is 8.85 Å². The van der Waals surface area contributed by atoms with Gasteiger partial charge in [-0.2, -0.15) is 12.6 Å².